The van der Waals surface area contributed by atoms with E-state index in [0.29, 0.717) is 0 Å². The average Bonchev–Trinajstić information content (AvgIpc) is 2.03. The molecular weight excluding hydrogens is 215 g/mol. The summed E-state index contributed by atoms with van der Waals surface area (Å²) in [6, 6.07) is -0.825. The van der Waals surface area contributed by atoms with E-state index in [9.17, 15) is 14.0 Å². The molecule has 2 atom stereocenters. The summed E-state index contributed by atoms with van der Waals surface area (Å²) in [5.41, 5.74) is 8.17. The number of carbonyl (C=O) groups is 2. The van der Waals surface area contributed by atoms with Crippen LogP contribution in [-0.4, -0.2) is 35.1 Å². The second-order valence-electron chi connectivity index (χ2n) is 3.03. The summed E-state index contributed by atoms with van der Waals surface area (Å²) in [6.45, 7) is 0.101. The van der Waals surface area contributed by atoms with E-state index in [-0.39, 0.29) is 12.4 Å². The molecule has 0 aliphatic heterocycles. The topological polar surface area (TPSA) is 106 Å². The Morgan fingerprint density at radius 3 is 2.21 bits per heavy atom. The number of carboxylic acids is 1. The number of aliphatic carboxylic acids is 1. The molecule has 2 unspecified atom stereocenters. The van der Waals surface area contributed by atoms with E-state index in [0.717, 1.165) is 0 Å². The highest BCUT2D eigenvalue weighted by Crippen LogP contribution is 2.09. The highest BCUT2D eigenvalue weighted by atomic mass is 35.5. The molecule has 5 N–H and O–H groups in total. The number of nitrogens with two attached hydrogens (primary N) is 2. The minimum absolute atomic E-state index is 0. The fourth-order valence-electron chi connectivity index (χ4n) is 0.652. The lowest BCUT2D eigenvalue weighted by molar-refractivity contribution is -0.146. The Morgan fingerprint density at radius 2 is 2.00 bits per heavy atom. The van der Waals surface area contributed by atoms with E-state index in [4.69, 9.17) is 16.6 Å². The van der Waals surface area contributed by atoms with Gasteiger partial charge in [0.15, 0.2) is 5.78 Å². The van der Waals surface area contributed by atoms with Crippen molar-refractivity contribution in [1.82, 2.24) is 0 Å². The van der Waals surface area contributed by atoms with E-state index >= 15 is 0 Å². The third-order valence-electron chi connectivity index (χ3n) is 1.66. The zero-order chi connectivity index (χ0) is 10.6. The Bertz CT molecular complexity index is 225. The zero-order valence-electron chi connectivity index (χ0n) is 7.70. The first-order valence-electron chi connectivity index (χ1n) is 3.70. The molecule has 0 aliphatic carbocycles. The second kappa shape index (κ2) is 5.90. The van der Waals surface area contributed by atoms with Gasteiger partial charge in [0.05, 0.1) is 6.04 Å². The molecule has 0 spiro atoms. The maximum absolute atomic E-state index is 12.2. The number of alkyl halides is 1. The van der Waals surface area contributed by atoms with Gasteiger partial charge < -0.3 is 16.6 Å². The molecule has 5 nitrogen and oxygen atoms in total. The Labute approximate surface area is 87.0 Å². The molecular formula is C7H14ClFN2O3. The minimum Gasteiger partial charge on any atom is -0.480 e. The molecule has 0 saturated heterocycles. The van der Waals surface area contributed by atoms with Crippen LogP contribution in [0.5, 0.6) is 0 Å². The molecule has 14 heavy (non-hydrogen) atoms. The fourth-order valence-corrected chi connectivity index (χ4v) is 0.652. The van der Waals surface area contributed by atoms with Gasteiger partial charge in [-0.25, -0.2) is 4.39 Å². The number of Topliss-reactive ketones (excluding diaryl/α,β-unsaturated/α-hetero) is 1. The Kier molecular flexibility index (Phi) is 6.63. The summed E-state index contributed by atoms with van der Waals surface area (Å²) >= 11 is 0. The van der Waals surface area contributed by atoms with Crippen LogP contribution in [-0.2, 0) is 9.59 Å². The number of carbonyl (C=O) groups excluding carboxylic acids is 1. The lowest BCUT2D eigenvalue weighted by Gasteiger charge is -2.20. The lowest BCUT2D eigenvalue weighted by atomic mass is 9.93. The van der Waals surface area contributed by atoms with Gasteiger partial charge in [0.2, 0.25) is 0 Å². The van der Waals surface area contributed by atoms with Gasteiger partial charge in [-0.05, 0) is 6.92 Å². The van der Waals surface area contributed by atoms with Crippen LogP contribution in [0.15, 0.2) is 0 Å². The number of halogens is 2. The third kappa shape index (κ3) is 3.99. The van der Waals surface area contributed by atoms with Crippen LogP contribution in [0.4, 0.5) is 4.39 Å². The maximum atomic E-state index is 12.2. The van der Waals surface area contributed by atoms with Crippen LogP contribution in [0.1, 0.15) is 13.3 Å². The van der Waals surface area contributed by atoms with Crippen molar-refractivity contribution in [1.29, 1.82) is 0 Å². The van der Waals surface area contributed by atoms with Crippen LogP contribution in [0.25, 0.3) is 0 Å². The van der Waals surface area contributed by atoms with Crippen molar-refractivity contribution in [3.05, 3.63) is 0 Å². The normalized spacial score (nSPS) is 16.3. The maximum Gasteiger partial charge on any atom is 0.326 e. The summed E-state index contributed by atoms with van der Waals surface area (Å²) < 4.78 is 12.2. The van der Waals surface area contributed by atoms with Gasteiger partial charge in [-0.1, -0.05) is 0 Å². The Balaban J connectivity index is 0. The highest BCUT2D eigenvalue weighted by molar-refractivity contribution is 5.91. The summed E-state index contributed by atoms with van der Waals surface area (Å²) in [5.74, 6) is -2.11. The Hall–Kier alpha value is -0.720. The number of carboxylic acid groups (broad SMARTS) is 1. The first-order valence-corrected chi connectivity index (χ1v) is 3.70. The van der Waals surface area contributed by atoms with Gasteiger partial charge in [0.25, 0.3) is 0 Å². The summed E-state index contributed by atoms with van der Waals surface area (Å²) in [7, 11) is 0. The first kappa shape index (κ1) is 15.7. The lowest BCUT2D eigenvalue weighted by Crippen LogP contribution is -2.53. The van der Waals surface area contributed by atoms with Gasteiger partial charge in [-0.2, -0.15) is 0 Å². The summed E-state index contributed by atoms with van der Waals surface area (Å²) in [6.07, 6.45) is -0.587. The van der Waals surface area contributed by atoms with Crippen molar-refractivity contribution >= 4 is 24.2 Å². The van der Waals surface area contributed by atoms with Crippen LogP contribution in [0, 0.1) is 0 Å². The van der Waals surface area contributed by atoms with Crippen molar-refractivity contribution in [3.63, 3.8) is 0 Å². The van der Waals surface area contributed by atoms with E-state index in [2.05, 4.69) is 0 Å². The molecule has 0 fully saturated rings. The summed E-state index contributed by atoms with van der Waals surface area (Å²) in [5, 5.41) is 8.51. The monoisotopic (exact) mass is 228 g/mol. The van der Waals surface area contributed by atoms with E-state index in [1.807, 2.05) is 0 Å². The molecule has 0 radical (unpaired) electrons. The third-order valence-corrected chi connectivity index (χ3v) is 1.66. The van der Waals surface area contributed by atoms with E-state index in [1.54, 1.807) is 0 Å². The number of rotatable bonds is 5. The SMILES string of the molecule is CC(N)C(=O)CC(N)(CF)C(=O)O.Cl. The van der Waals surface area contributed by atoms with Crippen molar-refractivity contribution in [2.75, 3.05) is 6.67 Å². The molecule has 0 saturated carbocycles. The molecule has 0 heterocycles. The zero-order valence-corrected chi connectivity index (χ0v) is 8.51. The van der Waals surface area contributed by atoms with E-state index < -0.39 is 36.4 Å². The second-order valence-corrected chi connectivity index (χ2v) is 3.03. The van der Waals surface area contributed by atoms with Gasteiger partial charge >= 0.3 is 5.97 Å². The number of hydrogen-bond donors (Lipinski definition) is 3. The molecule has 84 valence electrons. The Morgan fingerprint density at radius 1 is 1.57 bits per heavy atom. The van der Waals surface area contributed by atoms with Gasteiger partial charge in [0.1, 0.15) is 12.2 Å². The predicted molar refractivity (Wildman–Crippen MR) is 51.1 cm³/mol. The van der Waals surface area contributed by atoms with Crippen molar-refractivity contribution in [2.45, 2.75) is 24.9 Å². The van der Waals surface area contributed by atoms with Gasteiger partial charge in [-0.3, -0.25) is 9.59 Å². The average molecular weight is 229 g/mol. The quantitative estimate of drug-likeness (QED) is 0.586. The molecule has 0 amide bonds. The van der Waals surface area contributed by atoms with Crippen molar-refractivity contribution in [3.8, 4) is 0 Å². The first-order chi connectivity index (χ1) is 5.83. The standard InChI is InChI=1S/C7H13FN2O3.ClH/c1-4(9)5(11)2-7(10,3-8)6(12)13;/h4H,2-3,9-10H2,1H3,(H,12,13);1H. The molecule has 0 aliphatic rings. The smallest absolute Gasteiger partial charge is 0.326 e. The molecule has 0 aromatic heterocycles. The summed E-state index contributed by atoms with van der Waals surface area (Å²) in [4.78, 5) is 21.4. The number of ketones is 1. The minimum atomic E-state index is -2.13. The van der Waals surface area contributed by atoms with E-state index in [1.165, 1.54) is 6.92 Å². The van der Waals surface area contributed by atoms with Gasteiger partial charge in [0, 0.05) is 6.42 Å². The van der Waals surface area contributed by atoms with Gasteiger partial charge in [-0.15, -0.1) is 12.4 Å². The molecule has 0 aromatic rings. The predicted octanol–water partition coefficient (Wildman–Crippen LogP) is -0.534. The van der Waals surface area contributed by atoms with Crippen molar-refractivity contribution < 1.29 is 19.1 Å². The molecule has 0 rings (SSSR count). The largest absolute Gasteiger partial charge is 0.480 e. The molecule has 0 bridgehead atoms. The van der Waals surface area contributed by atoms with Crippen LogP contribution in [0.2, 0.25) is 0 Å². The molecule has 0 aromatic carbocycles. The fraction of sp³-hybridized carbons (Fsp3) is 0.714. The van der Waals surface area contributed by atoms with Crippen LogP contribution >= 0.6 is 12.4 Å². The van der Waals surface area contributed by atoms with Crippen LogP contribution < -0.4 is 11.5 Å². The molecule has 7 heteroatoms. The highest BCUT2D eigenvalue weighted by Gasteiger charge is 2.37. The van der Waals surface area contributed by atoms with Crippen LogP contribution in [0.3, 0.4) is 0 Å². The van der Waals surface area contributed by atoms with Crippen molar-refractivity contribution in [2.24, 2.45) is 11.5 Å². The number of hydrogen-bond acceptors (Lipinski definition) is 4.